The lowest BCUT2D eigenvalue weighted by Gasteiger charge is -2.10. The third kappa shape index (κ3) is 12.6. The maximum absolute atomic E-state index is 13.0. The summed E-state index contributed by atoms with van der Waals surface area (Å²) in [7, 11) is 0. The second kappa shape index (κ2) is 22.4. The van der Waals surface area contributed by atoms with Crippen LogP contribution in [0.4, 0.5) is 0 Å². The summed E-state index contributed by atoms with van der Waals surface area (Å²) >= 11 is 0. The molecule has 0 saturated heterocycles. The van der Waals surface area contributed by atoms with E-state index in [0.29, 0.717) is 48.7 Å². The summed E-state index contributed by atoms with van der Waals surface area (Å²) in [5, 5.41) is 0. The molecule has 0 spiro atoms. The highest BCUT2D eigenvalue weighted by atomic mass is 16.6. The summed E-state index contributed by atoms with van der Waals surface area (Å²) in [6, 6.07) is 23.0. The zero-order valence-electron chi connectivity index (χ0n) is 33.6. The average molecular weight is 817 g/mol. The molecule has 0 aromatic heterocycles. The largest absolute Gasteiger partial charge is 0.463 e. The Labute approximate surface area is 349 Å². The average Bonchev–Trinajstić information content (AvgIpc) is 3.54. The molecule has 1 aliphatic rings. The van der Waals surface area contributed by atoms with Crippen molar-refractivity contribution in [3.63, 3.8) is 0 Å². The number of hydrogen-bond acceptors (Lipinski definition) is 12. The van der Waals surface area contributed by atoms with Gasteiger partial charge in [-0.15, -0.1) is 0 Å². The lowest BCUT2D eigenvalue weighted by Crippen LogP contribution is -2.10. The Kier molecular flexibility index (Phi) is 16.5. The van der Waals surface area contributed by atoms with Crippen LogP contribution in [0.25, 0.3) is 11.1 Å². The van der Waals surface area contributed by atoms with Gasteiger partial charge in [-0.2, -0.15) is 0 Å². The second-order valence-corrected chi connectivity index (χ2v) is 14.0. The molecule has 312 valence electrons. The predicted octanol–water partition coefficient (Wildman–Crippen LogP) is 9.15. The van der Waals surface area contributed by atoms with Crippen LogP contribution < -0.4 is 9.47 Å². The van der Waals surface area contributed by atoms with E-state index in [1.807, 2.05) is 31.2 Å². The zero-order valence-corrected chi connectivity index (χ0v) is 33.6. The van der Waals surface area contributed by atoms with Gasteiger partial charge < -0.3 is 28.4 Å². The van der Waals surface area contributed by atoms with Gasteiger partial charge in [0.25, 0.3) is 0 Å². The summed E-state index contributed by atoms with van der Waals surface area (Å²) in [4.78, 5) is 73.2. The lowest BCUT2D eigenvalue weighted by atomic mass is 9.99. The first-order valence-electron chi connectivity index (χ1n) is 19.9. The van der Waals surface area contributed by atoms with E-state index in [-0.39, 0.29) is 30.3 Å². The molecule has 0 amide bonds. The highest BCUT2D eigenvalue weighted by Gasteiger charge is 2.27. The highest BCUT2D eigenvalue weighted by Crippen LogP contribution is 2.47. The van der Waals surface area contributed by atoms with Crippen molar-refractivity contribution in [3.05, 3.63) is 144 Å². The minimum absolute atomic E-state index is 0.0908. The molecule has 0 atom stereocenters. The van der Waals surface area contributed by atoms with Gasteiger partial charge in [0, 0.05) is 18.1 Å². The molecular formula is C48H48O12. The van der Waals surface area contributed by atoms with Crippen LogP contribution in [0.1, 0.15) is 117 Å². The Hall–Kier alpha value is -6.82. The monoisotopic (exact) mass is 816 g/mol. The van der Waals surface area contributed by atoms with E-state index in [9.17, 15) is 28.8 Å². The van der Waals surface area contributed by atoms with Crippen molar-refractivity contribution in [1.29, 1.82) is 0 Å². The minimum atomic E-state index is -0.579. The van der Waals surface area contributed by atoms with E-state index < -0.39 is 35.8 Å². The molecule has 0 N–H and O–H groups in total. The number of rotatable bonds is 22. The summed E-state index contributed by atoms with van der Waals surface area (Å²) < 4.78 is 32.0. The summed E-state index contributed by atoms with van der Waals surface area (Å²) in [6.45, 7) is 9.88. The van der Waals surface area contributed by atoms with Crippen LogP contribution >= 0.6 is 0 Å². The van der Waals surface area contributed by atoms with Gasteiger partial charge in [0.1, 0.15) is 11.5 Å². The first-order valence-corrected chi connectivity index (χ1v) is 19.9. The Morgan fingerprint density at radius 3 is 1.10 bits per heavy atom. The Balaban J connectivity index is 1.06. The van der Waals surface area contributed by atoms with Crippen LogP contribution in [-0.2, 0) is 28.5 Å². The fraction of sp³-hybridized carbons (Fsp3) is 0.292. The number of unbranched alkanes of at least 4 members (excludes halogenated alkanes) is 6. The van der Waals surface area contributed by atoms with E-state index in [4.69, 9.17) is 28.4 Å². The van der Waals surface area contributed by atoms with Crippen molar-refractivity contribution in [2.75, 3.05) is 26.4 Å². The van der Waals surface area contributed by atoms with E-state index >= 15 is 0 Å². The number of carbonyl (C=O) groups excluding carboxylic acids is 6. The van der Waals surface area contributed by atoms with E-state index in [0.717, 1.165) is 72.9 Å². The Morgan fingerprint density at radius 2 is 0.767 bits per heavy atom. The van der Waals surface area contributed by atoms with Crippen molar-refractivity contribution >= 4 is 35.8 Å². The van der Waals surface area contributed by atoms with Crippen LogP contribution in [-0.4, -0.2) is 62.2 Å². The van der Waals surface area contributed by atoms with Crippen molar-refractivity contribution < 1.29 is 57.2 Å². The van der Waals surface area contributed by atoms with Crippen molar-refractivity contribution in [2.45, 2.75) is 64.2 Å². The SMILES string of the molecule is C=CC(=O)OCCCCCCOC(=O)c1ccc(C(=O)Oc2ccc3c(c2)C(C)c2cc(OC(=O)c4ccc(C(=O)OCCCCCCOC(=O)C=C)cc4)ccc2-3)cc1. The standard InChI is InChI=1S/C48H48O12/c1-4-43(49)55-26-10-6-8-12-28-57-45(51)33-14-18-35(19-15-33)47(53)59-37-22-24-39-40-25-23-38(31-42(40)32(3)41(39)30-37)60-48(54)36-20-16-34(17-21-36)46(52)58-29-13-9-7-11-27-56-44(50)5-2/h4-5,14-25,30-32H,1-2,6-13,26-29H2,3H3. The van der Waals surface area contributed by atoms with Crippen LogP contribution in [0.5, 0.6) is 11.5 Å². The first-order chi connectivity index (χ1) is 29.1. The molecule has 12 nitrogen and oxygen atoms in total. The first kappa shape index (κ1) is 44.3. The van der Waals surface area contributed by atoms with Crippen molar-refractivity contribution in [2.24, 2.45) is 0 Å². The number of fused-ring (bicyclic) bond motifs is 3. The normalized spacial score (nSPS) is 11.3. The summed E-state index contributed by atoms with van der Waals surface area (Å²) in [5.41, 5.74) is 5.01. The Morgan fingerprint density at radius 1 is 0.450 bits per heavy atom. The molecule has 60 heavy (non-hydrogen) atoms. The third-order valence-electron chi connectivity index (χ3n) is 9.77. The number of carbonyl (C=O) groups is 6. The fourth-order valence-electron chi connectivity index (χ4n) is 6.48. The maximum atomic E-state index is 13.0. The molecule has 4 aromatic carbocycles. The molecule has 0 heterocycles. The number of ether oxygens (including phenoxy) is 6. The van der Waals surface area contributed by atoms with E-state index in [2.05, 4.69) is 13.2 Å². The van der Waals surface area contributed by atoms with Gasteiger partial charge in [0.2, 0.25) is 0 Å². The minimum Gasteiger partial charge on any atom is -0.463 e. The molecule has 0 aliphatic heterocycles. The third-order valence-corrected chi connectivity index (χ3v) is 9.77. The Bertz CT molecular complexity index is 2030. The smallest absolute Gasteiger partial charge is 0.343 e. The number of esters is 6. The van der Waals surface area contributed by atoms with Gasteiger partial charge in [-0.05, 0) is 146 Å². The quantitative estimate of drug-likeness (QED) is 0.0244. The molecule has 0 saturated carbocycles. The topological polar surface area (TPSA) is 158 Å². The molecule has 1 aliphatic carbocycles. The van der Waals surface area contributed by atoms with Gasteiger partial charge in [-0.25, -0.2) is 28.8 Å². The van der Waals surface area contributed by atoms with Crippen LogP contribution in [0, 0.1) is 0 Å². The molecule has 5 rings (SSSR count). The number of benzene rings is 4. The second-order valence-electron chi connectivity index (χ2n) is 14.0. The van der Waals surface area contributed by atoms with Crippen molar-refractivity contribution in [1.82, 2.24) is 0 Å². The predicted molar refractivity (Wildman–Crippen MR) is 222 cm³/mol. The highest BCUT2D eigenvalue weighted by molar-refractivity contribution is 5.95. The van der Waals surface area contributed by atoms with Crippen LogP contribution in [0.15, 0.2) is 110 Å². The van der Waals surface area contributed by atoms with Gasteiger partial charge in [-0.1, -0.05) is 32.2 Å². The van der Waals surface area contributed by atoms with E-state index in [1.165, 1.54) is 48.5 Å². The molecule has 0 bridgehead atoms. The van der Waals surface area contributed by atoms with Crippen molar-refractivity contribution in [3.8, 4) is 22.6 Å². The molecule has 4 aromatic rings. The zero-order chi connectivity index (χ0) is 42.9. The molecule has 0 radical (unpaired) electrons. The maximum Gasteiger partial charge on any atom is 0.343 e. The number of hydrogen-bond donors (Lipinski definition) is 0. The van der Waals surface area contributed by atoms with Gasteiger partial charge in [0.05, 0.1) is 48.7 Å². The van der Waals surface area contributed by atoms with Gasteiger partial charge in [-0.3, -0.25) is 0 Å². The lowest BCUT2D eigenvalue weighted by molar-refractivity contribution is -0.138. The fourth-order valence-corrected chi connectivity index (χ4v) is 6.48. The molecule has 0 unspecified atom stereocenters. The molecule has 12 heteroatoms. The van der Waals surface area contributed by atoms with Crippen LogP contribution in [0.3, 0.4) is 0 Å². The summed E-state index contributed by atoms with van der Waals surface area (Å²) in [6.07, 6.45) is 8.33. The van der Waals surface area contributed by atoms with Crippen LogP contribution in [0.2, 0.25) is 0 Å². The molecule has 0 fully saturated rings. The molecular weight excluding hydrogens is 769 g/mol. The van der Waals surface area contributed by atoms with Gasteiger partial charge >= 0.3 is 35.8 Å². The summed E-state index contributed by atoms with van der Waals surface area (Å²) in [5.74, 6) is -2.39. The van der Waals surface area contributed by atoms with E-state index in [1.54, 1.807) is 12.1 Å². The van der Waals surface area contributed by atoms with Gasteiger partial charge in [0.15, 0.2) is 0 Å².